The maximum Gasteiger partial charge on any atom is 0.344 e. The molecule has 130 valence electrons. The number of benzene rings is 2. The summed E-state index contributed by atoms with van der Waals surface area (Å²) in [6.45, 7) is 1.77. The molecule has 0 spiro atoms. The number of para-hydroxylation sites is 1. The standard InChI is InChI=1S/C19H18FNO4/c1-13(19(23)21-11-10-14-4-2-3-5-17(14)21)25-18(22)12-24-16-8-6-15(20)7-9-16/h2-9,13H,10-12H2,1H3/t13-/m0/s1. The summed E-state index contributed by atoms with van der Waals surface area (Å²) in [4.78, 5) is 26.0. The van der Waals surface area contributed by atoms with Crippen molar-refractivity contribution in [2.24, 2.45) is 0 Å². The van der Waals surface area contributed by atoms with Crippen molar-refractivity contribution in [3.8, 4) is 5.75 Å². The van der Waals surface area contributed by atoms with E-state index in [1.54, 1.807) is 11.8 Å². The van der Waals surface area contributed by atoms with Crippen LogP contribution in [-0.2, 0) is 20.7 Å². The second-order valence-electron chi connectivity index (χ2n) is 5.74. The molecular weight excluding hydrogens is 325 g/mol. The summed E-state index contributed by atoms with van der Waals surface area (Å²) >= 11 is 0. The first-order chi connectivity index (χ1) is 12.0. The number of ether oxygens (including phenoxy) is 2. The van der Waals surface area contributed by atoms with E-state index in [0.29, 0.717) is 12.3 Å². The Morgan fingerprint density at radius 1 is 1.16 bits per heavy atom. The Kier molecular flexibility index (Phi) is 4.97. The lowest BCUT2D eigenvalue weighted by molar-refractivity contribution is -0.155. The van der Waals surface area contributed by atoms with Gasteiger partial charge in [0.25, 0.3) is 5.91 Å². The van der Waals surface area contributed by atoms with E-state index < -0.39 is 12.1 Å². The highest BCUT2D eigenvalue weighted by molar-refractivity contribution is 5.99. The molecule has 1 heterocycles. The van der Waals surface area contributed by atoms with Crippen molar-refractivity contribution in [3.05, 3.63) is 59.9 Å². The highest BCUT2D eigenvalue weighted by atomic mass is 19.1. The molecular formula is C19H18FNO4. The maximum atomic E-state index is 12.8. The number of hydrogen-bond acceptors (Lipinski definition) is 4. The van der Waals surface area contributed by atoms with E-state index >= 15 is 0 Å². The van der Waals surface area contributed by atoms with Gasteiger partial charge in [-0.25, -0.2) is 9.18 Å². The van der Waals surface area contributed by atoms with E-state index in [9.17, 15) is 14.0 Å². The molecule has 0 saturated carbocycles. The minimum absolute atomic E-state index is 0.264. The number of amides is 1. The van der Waals surface area contributed by atoms with Crippen LogP contribution in [0, 0.1) is 5.82 Å². The third-order valence-electron chi connectivity index (χ3n) is 3.98. The fourth-order valence-electron chi connectivity index (χ4n) is 2.74. The molecule has 25 heavy (non-hydrogen) atoms. The third-order valence-corrected chi connectivity index (χ3v) is 3.98. The quantitative estimate of drug-likeness (QED) is 0.784. The van der Waals surface area contributed by atoms with Crippen molar-refractivity contribution < 1.29 is 23.5 Å². The molecule has 2 aromatic rings. The average molecular weight is 343 g/mol. The van der Waals surface area contributed by atoms with Crippen LogP contribution in [0.3, 0.4) is 0 Å². The van der Waals surface area contributed by atoms with Gasteiger partial charge in [-0.05, 0) is 49.2 Å². The van der Waals surface area contributed by atoms with Gasteiger partial charge in [0.2, 0.25) is 0 Å². The van der Waals surface area contributed by atoms with Gasteiger partial charge < -0.3 is 14.4 Å². The number of hydrogen-bond donors (Lipinski definition) is 0. The molecule has 0 bridgehead atoms. The van der Waals surface area contributed by atoms with Crippen LogP contribution in [0.5, 0.6) is 5.75 Å². The first kappa shape index (κ1) is 17.0. The molecule has 0 N–H and O–H groups in total. The fourth-order valence-corrected chi connectivity index (χ4v) is 2.74. The zero-order chi connectivity index (χ0) is 17.8. The maximum absolute atomic E-state index is 12.8. The van der Waals surface area contributed by atoms with Crippen LogP contribution in [0.4, 0.5) is 10.1 Å². The first-order valence-electron chi connectivity index (χ1n) is 8.02. The summed E-state index contributed by atoms with van der Waals surface area (Å²) in [5.41, 5.74) is 1.96. The van der Waals surface area contributed by atoms with Gasteiger partial charge >= 0.3 is 5.97 Å². The number of halogens is 1. The van der Waals surface area contributed by atoms with E-state index in [-0.39, 0.29) is 18.3 Å². The molecule has 0 saturated heterocycles. The van der Waals surface area contributed by atoms with Crippen LogP contribution >= 0.6 is 0 Å². The summed E-state index contributed by atoms with van der Waals surface area (Å²) in [7, 11) is 0. The second-order valence-corrected chi connectivity index (χ2v) is 5.74. The molecule has 1 aliphatic rings. The summed E-state index contributed by atoms with van der Waals surface area (Å²) in [6, 6.07) is 13.0. The number of carbonyl (C=O) groups excluding carboxylic acids is 2. The van der Waals surface area contributed by atoms with Gasteiger partial charge in [0.15, 0.2) is 12.7 Å². The van der Waals surface area contributed by atoms with Crippen LogP contribution in [0.25, 0.3) is 0 Å². The van der Waals surface area contributed by atoms with Gasteiger partial charge in [-0.1, -0.05) is 18.2 Å². The van der Waals surface area contributed by atoms with Gasteiger partial charge in [-0.15, -0.1) is 0 Å². The van der Waals surface area contributed by atoms with Gasteiger partial charge in [0, 0.05) is 12.2 Å². The average Bonchev–Trinajstić information content (AvgIpc) is 3.04. The van der Waals surface area contributed by atoms with Crippen LogP contribution in [-0.4, -0.2) is 31.1 Å². The number of nitrogens with zero attached hydrogens (tertiary/aromatic N) is 1. The summed E-state index contributed by atoms with van der Waals surface area (Å²) in [5, 5.41) is 0. The van der Waals surface area contributed by atoms with Gasteiger partial charge in [0.05, 0.1) is 0 Å². The molecule has 0 unspecified atom stereocenters. The molecule has 0 aliphatic carbocycles. The zero-order valence-corrected chi connectivity index (χ0v) is 13.8. The topological polar surface area (TPSA) is 55.8 Å². The Morgan fingerprint density at radius 3 is 2.64 bits per heavy atom. The zero-order valence-electron chi connectivity index (χ0n) is 13.8. The summed E-state index contributed by atoms with van der Waals surface area (Å²) < 4.78 is 23.2. The van der Waals surface area contributed by atoms with Crippen molar-refractivity contribution in [2.45, 2.75) is 19.4 Å². The molecule has 3 rings (SSSR count). The summed E-state index contributed by atoms with van der Waals surface area (Å²) in [5.74, 6) is -0.955. The Balaban J connectivity index is 1.53. The third kappa shape index (κ3) is 3.96. The smallest absolute Gasteiger partial charge is 0.344 e. The molecule has 0 radical (unpaired) electrons. The normalized spacial score (nSPS) is 13.9. The highest BCUT2D eigenvalue weighted by Gasteiger charge is 2.29. The van der Waals surface area contributed by atoms with Crippen molar-refractivity contribution in [2.75, 3.05) is 18.1 Å². The lowest BCUT2D eigenvalue weighted by atomic mass is 10.2. The van der Waals surface area contributed by atoms with Crippen LogP contribution in [0.2, 0.25) is 0 Å². The van der Waals surface area contributed by atoms with Crippen molar-refractivity contribution in [1.82, 2.24) is 0 Å². The van der Waals surface area contributed by atoms with E-state index in [2.05, 4.69) is 0 Å². The number of carbonyl (C=O) groups is 2. The molecule has 2 aromatic carbocycles. The largest absolute Gasteiger partial charge is 0.482 e. The number of esters is 1. The van der Waals surface area contributed by atoms with Gasteiger partial charge in [-0.2, -0.15) is 0 Å². The molecule has 6 heteroatoms. The van der Waals surface area contributed by atoms with Crippen molar-refractivity contribution in [3.63, 3.8) is 0 Å². The van der Waals surface area contributed by atoms with Crippen molar-refractivity contribution >= 4 is 17.6 Å². The predicted octanol–water partition coefficient (Wildman–Crippen LogP) is 2.73. The Labute approximate surface area is 145 Å². The minimum Gasteiger partial charge on any atom is -0.482 e. The molecule has 0 fully saturated rings. The number of fused-ring (bicyclic) bond motifs is 1. The van der Waals surface area contributed by atoms with E-state index in [1.165, 1.54) is 24.3 Å². The first-order valence-corrected chi connectivity index (χ1v) is 8.02. The number of anilines is 1. The van der Waals surface area contributed by atoms with Crippen LogP contribution in [0.15, 0.2) is 48.5 Å². The Hall–Kier alpha value is -2.89. The lowest BCUT2D eigenvalue weighted by Gasteiger charge is -2.21. The predicted molar refractivity (Wildman–Crippen MR) is 89.9 cm³/mol. The monoisotopic (exact) mass is 343 g/mol. The summed E-state index contributed by atoms with van der Waals surface area (Å²) in [6.07, 6.45) is -0.119. The van der Waals surface area contributed by atoms with Gasteiger partial charge in [0.1, 0.15) is 11.6 Å². The molecule has 1 atom stereocenters. The fraction of sp³-hybridized carbons (Fsp3) is 0.263. The van der Waals surface area contributed by atoms with E-state index in [4.69, 9.17) is 9.47 Å². The number of rotatable bonds is 5. The SMILES string of the molecule is C[C@H](OC(=O)COc1ccc(F)cc1)C(=O)N1CCc2ccccc21. The van der Waals surface area contributed by atoms with E-state index in [1.807, 2.05) is 24.3 Å². The minimum atomic E-state index is -0.907. The molecule has 5 nitrogen and oxygen atoms in total. The lowest BCUT2D eigenvalue weighted by Crippen LogP contribution is -2.39. The highest BCUT2D eigenvalue weighted by Crippen LogP contribution is 2.28. The molecule has 1 amide bonds. The second kappa shape index (κ2) is 7.34. The van der Waals surface area contributed by atoms with Crippen LogP contribution in [0.1, 0.15) is 12.5 Å². The Bertz CT molecular complexity index is 775. The van der Waals surface area contributed by atoms with Gasteiger partial charge in [-0.3, -0.25) is 4.79 Å². The van der Waals surface area contributed by atoms with Crippen LogP contribution < -0.4 is 9.64 Å². The molecule has 1 aliphatic heterocycles. The Morgan fingerprint density at radius 2 is 1.88 bits per heavy atom. The van der Waals surface area contributed by atoms with Crippen molar-refractivity contribution in [1.29, 1.82) is 0 Å². The molecule has 0 aromatic heterocycles. The van der Waals surface area contributed by atoms with E-state index in [0.717, 1.165) is 17.7 Å².